The Hall–Kier alpha value is -1.16. The molecule has 4 heteroatoms. The van der Waals surface area contributed by atoms with Gasteiger partial charge in [-0.2, -0.15) is 0 Å². The predicted octanol–water partition coefficient (Wildman–Crippen LogP) is 2.75. The van der Waals surface area contributed by atoms with Crippen molar-refractivity contribution in [1.82, 2.24) is 9.97 Å². The number of aromatic nitrogens is 2. The van der Waals surface area contributed by atoms with Crippen molar-refractivity contribution >= 4 is 5.82 Å². The molecule has 0 aliphatic carbocycles. The molecule has 1 N–H and O–H groups in total. The van der Waals surface area contributed by atoms with E-state index in [-0.39, 0.29) is 6.04 Å². The van der Waals surface area contributed by atoms with E-state index in [1.807, 2.05) is 19.9 Å². The van der Waals surface area contributed by atoms with Crippen LogP contribution in [-0.2, 0) is 4.74 Å². The third kappa shape index (κ3) is 4.69. The molecule has 0 amide bonds. The Bertz CT molecular complexity index is 353. The number of nitrogens with zero attached hydrogens (tertiary/aromatic N) is 2. The van der Waals surface area contributed by atoms with Gasteiger partial charge in [0.1, 0.15) is 11.6 Å². The Kier molecular flexibility index (Phi) is 5.35. The van der Waals surface area contributed by atoms with Gasteiger partial charge in [-0.3, -0.25) is 0 Å². The zero-order valence-corrected chi connectivity index (χ0v) is 11.4. The summed E-state index contributed by atoms with van der Waals surface area (Å²) < 4.78 is 5.37. The molecule has 0 aromatic carbocycles. The van der Waals surface area contributed by atoms with E-state index in [1.54, 1.807) is 0 Å². The van der Waals surface area contributed by atoms with Gasteiger partial charge in [0, 0.05) is 30.3 Å². The minimum absolute atomic E-state index is 0.254. The van der Waals surface area contributed by atoms with Crippen LogP contribution in [0.15, 0.2) is 6.07 Å². The van der Waals surface area contributed by atoms with Crippen molar-refractivity contribution in [2.24, 2.45) is 0 Å². The van der Waals surface area contributed by atoms with Crippen LogP contribution in [0.4, 0.5) is 5.82 Å². The maximum Gasteiger partial charge on any atom is 0.133 e. The summed E-state index contributed by atoms with van der Waals surface area (Å²) in [6, 6.07) is 2.22. The highest BCUT2D eigenvalue weighted by atomic mass is 16.5. The van der Waals surface area contributed by atoms with E-state index in [0.717, 1.165) is 23.9 Å². The van der Waals surface area contributed by atoms with E-state index in [1.165, 1.54) is 0 Å². The smallest absolute Gasteiger partial charge is 0.133 e. The zero-order chi connectivity index (χ0) is 12.8. The van der Waals surface area contributed by atoms with Crippen molar-refractivity contribution in [1.29, 1.82) is 0 Å². The lowest BCUT2D eigenvalue weighted by molar-refractivity contribution is 0.141. The molecule has 17 heavy (non-hydrogen) atoms. The van der Waals surface area contributed by atoms with E-state index >= 15 is 0 Å². The van der Waals surface area contributed by atoms with Crippen molar-refractivity contribution in [2.75, 3.05) is 18.5 Å². The Labute approximate surface area is 104 Å². The van der Waals surface area contributed by atoms with Crippen molar-refractivity contribution in [3.8, 4) is 0 Å². The third-order valence-corrected chi connectivity index (χ3v) is 2.35. The predicted molar refractivity (Wildman–Crippen MR) is 70.4 cm³/mol. The van der Waals surface area contributed by atoms with Gasteiger partial charge in [0.15, 0.2) is 0 Å². The van der Waals surface area contributed by atoms with Gasteiger partial charge >= 0.3 is 0 Å². The quantitative estimate of drug-likeness (QED) is 0.826. The molecule has 1 rings (SSSR count). The molecule has 0 bridgehead atoms. The number of aryl methyl sites for hydroxylation is 1. The first-order valence-electron chi connectivity index (χ1n) is 6.22. The molecule has 1 unspecified atom stereocenters. The molecule has 0 aliphatic heterocycles. The Morgan fingerprint density at radius 3 is 2.59 bits per heavy atom. The van der Waals surface area contributed by atoms with Gasteiger partial charge in [-0.1, -0.05) is 13.8 Å². The van der Waals surface area contributed by atoms with Crippen molar-refractivity contribution in [2.45, 2.75) is 46.6 Å². The van der Waals surface area contributed by atoms with Gasteiger partial charge in [0.25, 0.3) is 0 Å². The SMILES string of the molecule is CCOCC(C)Nc1cc(C)nc(C(C)C)n1. The fourth-order valence-electron chi connectivity index (χ4n) is 1.51. The monoisotopic (exact) mass is 237 g/mol. The second kappa shape index (κ2) is 6.55. The zero-order valence-electron chi connectivity index (χ0n) is 11.4. The average Bonchev–Trinajstić information content (AvgIpc) is 2.25. The van der Waals surface area contributed by atoms with Crippen LogP contribution in [0, 0.1) is 6.92 Å². The molecular weight excluding hydrogens is 214 g/mol. The van der Waals surface area contributed by atoms with Crippen LogP contribution in [0.1, 0.15) is 45.1 Å². The van der Waals surface area contributed by atoms with Crippen molar-refractivity contribution in [3.05, 3.63) is 17.6 Å². The summed E-state index contributed by atoms with van der Waals surface area (Å²) in [7, 11) is 0. The molecule has 0 spiro atoms. The van der Waals surface area contributed by atoms with Crippen molar-refractivity contribution in [3.63, 3.8) is 0 Å². The lowest BCUT2D eigenvalue weighted by Crippen LogP contribution is -2.22. The highest BCUT2D eigenvalue weighted by Gasteiger charge is 2.08. The van der Waals surface area contributed by atoms with Crippen LogP contribution in [0.2, 0.25) is 0 Å². The summed E-state index contributed by atoms with van der Waals surface area (Å²) in [5.74, 6) is 2.11. The standard InChI is InChI=1S/C13H23N3O/c1-6-17-8-11(5)14-12-7-10(4)15-13(16-12)9(2)3/h7,9,11H,6,8H2,1-5H3,(H,14,15,16). The van der Waals surface area contributed by atoms with Crippen LogP contribution < -0.4 is 5.32 Å². The van der Waals surface area contributed by atoms with Crippen LogP contribution >= 0.6 is 0 Å². The maximum absolute atomic E-state index is 5.37. The first kappa shape index (κ1) is 13.9. The second-order valence-electron chi connectivity index (χ2n) is 4.61. The summed E-state index contributed by atoms with van der Waals surface area (Å²) in [5.41, 5.74) is 0.995. The van der Waals surface area contributed by atoms with Gasteiger partial charge in [0.05, 0.1) is 6.61 Å². The summed E-state index contributed by atoms with van der Waals surface area (Å²) >= 11 is 0. The molecule has 0 radical (unpaired) electrons. The number of hydrogen-bond donors (Lipinski definition) is 1. The average molecular weight is 237 g/mol. The maximum atomic E-state index is 5.37. The van der Waals surface area contributed by atoms with E-state index in [4.69, 9.17) is 4.74 Å². The highest BCUT2D eigenvalue weighted by Crippen LogP contribution is 2.14. The normalized spacial score (nSPS) is 12.8. The molecule has 1 heterocycles. The topological polar surface area (TPSA) is 47.0 Å². The van der Waals surface area contributed by atoms with Crippen molar-refractivity contribution < 1.29 is 4.74 Å². The molecule has 0 saturated heterocycles. The molecule has 0 saturated carbocycles. The third-order valence-electron chi connectivity index (χ3n) is 2.35. The highest BCUT2D eigenvalue weighted by molar-refractivity contribution is 5.37. The molecular formula is C13H23N3O. The van der Waals surface area contributed by atoms with E-state index in [2.05, 4.69) is 36.1 Å². The van der Waals surface area contributed by atoms with Gasteiger partial charge in [0.2, 0.25) is 0 Å². The summed E-state index contributed by atoms with van der Waals surface area (Å²) in [4.78, 5) is 8.92. The molecule has 4 nitrogen and oxygen atoms in total. The van der Waals surface area contributed by atoms with Gasteiger partial charge in [-0.15, -0.1) is 0 Å². The number of anilines is 1. The number of rotatable bonds is 6. The summed E-state index contributed by atoms with van der Waals surface area (Å²) in [6.45, 7) is 11.7. The number of ether oxygens (including phenoxy) is 1. The minimum Gasteiger partial charge on any atom is -0.380 e. The van der Waals surface area contributed by atoms with Crippen LogP contribution in [-0.4, -0.2) is 29.2 Å². The first-order chi connectivity index (χ1) is 8.02. The Morgan fingerprint density at radius 2 is 2.00 bits per heavy atom. The van der Waals surface area contributed by atoms with Crippen LogP contribution in [0.5, 0.6) is 0 Å². The second-order valence-corrected chi connectivity index (χ2v) is 4.61. The molecule has 96 valence electrons. The lowest BCUT2D eigenvalue weighted by Gasteiger charge is -2.15. The first-order valence-corrected chi connectivity index (χ1v) is 6.22. The van der Waals surface area contributed by atoms with E-state index < -0.39 is 0 Å². The summed E-state index contributed by atoms with van der Waals surface area (Å²) in [6.07, 6.45) is 0. The van der Waals surface area contributed by atoms with Crippen LogP contribution in [0.3, 0.4) is 0 Å². The molecule has 1 aromatic rings. The molecule has 1 atom stereocenters. The van der Waals surface area contributed by atoms with Gasteiger partial charge in [-0.05, 0) is 20.8 Å². The minimum atomic E-state index is 0.254. The molecule has 0 aliphatic rings. The van der Waals surface area contributed by atoms with Gasteiger partial charge in [-0.25, -0.2) is 9.97 Å². The molecule has 1 aromatic heterocycles. The van der Waals surface area contributed by atoms with E-state index in [0.29, 0.717) is 12.5 Å². The Balaban J connectivity index is 2.70. The largest absolute Gasteiger partial charge is 0.380 e. The van der Waals surface area contributed by atoms with Gasteiger partial charge < -0.3 is 10.1 Å². The lowest BCUT2D eigenvalue weighted by atomic mass is 10.2. The Morgan fingerprint density at radius 1 is 1.29 bits per heavy atom. The fraction of sp³-hybridized carbons (Fsp3) is 0.692. The summed E-state index contributed by atoms with van der Waals surface area (Å²) in [5, 5.41) is 3.34. The van der Waals surface area contributed by atoms with Crippen LogP contribution in [0.25, 0.3) is 0 Å². The fourth-order valence-corrected chi connectivity index (χ4v) is 1.51. The number of hydrogen-bond acceptors (Lipinski definition) is 4. The molecule has 0 fully saturated rings. The van der Waals surface area contributed by atoms with E-state index in [9.17, 15) is 0 Å². The number of nitrogens with one attached hydrogen (secondary N) is 1.